The van der Waals surface area contributed by atoms with Crippen LogP contribution in [0.15, 0.2) is 54.7 Å². The lowest BCUT2D eigenvalue weighted by atomic mass is 10.0. The van der Waals surface area contributed by atoms with E-state index in [-0.39, 0.29) is 23.7 Å². The van der Waals surface area contributed by atoms with Crippen molar-refractivity contribution in [2.75, 3.05) is 48.7 Å². The molecule has 2 fully saturated rings. The molecule has 0 unspecified atom stereocenters. The van der Waals surface area contributed by atoms with Gasteiger partial charge in [0.25, 0.3) is 5.91 Å². The number of thiophene rings is 1. The van der Waals surface area contributed by atoms with Crippen LogP contribution in [0.3, 0.4) is 0 Å². The van der Waals surface area contributed by atoms with Crippen LogP contribution in [0.5, 0.6) is 0 Å². The number of anilines is 3. The van der Waals surface area contributed by atoms with E-state index in [1.165, 1.54) is 17.7 Å². The lowest BCUT2D eigenvalue weighted by Crippen LogP contribution is -2.45. The first-order chi connectivity index (χ1) is 21.6. The van der Waals surface area contributed by atoms with E-state index < -0.39 is 11.7 Å². The molecule has 4 aromatic rings. The monoisotopic (exact) mass is 635 g/mol. The van der Waals surface area contributed by atoms with Gasteiger partial charge in [-0.05, 0) is 61.2 Å². The van der Waals surface area contributed by atoms with Gasteiger partial charge in [0.05, 0.1) is 21.3 Å². The first kappa shape index (κ1) is 31.0. The summed E-state index contributed by atoms with van der Waals surface area (Å²) in [5, 5.41) is 11.2. The normalized spacial score (nSPS) is 16.1. The number of carbonyl (C=O) groups is 1. The van der Waals surface area contributed by atoms with Crippen molar-refractivity contribution in [3.63, 3.8) is 0 Å². The Hall–Kier alpha value is -4.00. The minimum absolute atomic E-state index is 0.248. The quantitative estimate of drug-likeness (QED) is 0.172. The Morgan fingerprint density at radius 2 is 1.80 bits per heavy atom. The van der Waals surface area contributed by atoms with Crippen molar-refractivity contribution in [1.82, 2.24) is 19.8 Å². The highest BCUT2D eigenvalue weighted by molar-refractivity contribution is 7.18. The second kappa shape index (κ2) is 12.8. The standard InChI is InChI=1S/C33H36F3N7OS/c1-4-42-11-13-43(14-12-42)17-23-7-8-25(16-27(23)33(34,35)36)39-21(3)22-6-5-20(2)28(15-22)41-32(44)26-18-45-30-29(26)37-19-38-31(30)40-24-9-10-24/h5-8,15-16,18-19,24,39H,3-4,9-14,17H2,1-2H3,(H,41,44)(H,37,38,40). The van der Waals surface area contributed by atoms with Crippen molar-refractivity contribution in [2.24, 2.45) is 0 Å². The minimum atomic E-state index is -4.49. The summed E-state index contributed by atoms with van der Waals surface area (Å²) in [6.07, 6.45) is -0.827. The molecule has 0 atom stereocenters. The van der Waals surface area contributed by atoms with Gasteiger partial charge < -0.3 is 20.9 Å². The highest BCUT2D eigenvalue weighted by Gasteiger charge is 2.34. The van der Waals surface area contributed by atoms with Crippen LogP contribution in [-0.2, 0) is 12.7 Å². The van der Waals surface area contributed by atoms with E-state index in [1.807, 2.05) is 19.1 Å². The molecule has 1 saturated carbocycles. The summed E-state index contributed by atoms with van der Waals surface area (Å²) in [6, 6.07) is 10.2. The molecule has 0 bridgehead atoms. The predicted octanol–water partition coefficient (Wildman–Crippen LogP) is 7.07. The largest absolute Gasteiger partial charge is 0.416 e. The van der Waals surface area contributed by atoms with E-state index in [0.717, 1.165) is 67.7 Å². The molecule has 0 spiro atoms. The zero-order valence-electron chi connectivity index (χ0n) is 25.3. The number of rotatable bonds is 10. The van der Waals surface area contributed by atoms with Gasteiger partial charge in [-0.2, -0.15) is 13.2 Å². The number of alkyl halides is 3. The van der Waals surface area contributed by atoms with Crippen molar-refractivity contribution >= 4 is 50.4 Å². The number of halogens is 3. The lowest BCUT2D eigenvalue weighted by molar-refractivity contribution is -0.138. The van der Waals surface area contributed by atoms with Crippen LogP contribution in [0, 0.1) is 6.92 Å². The SMILES string of the molecule is C=C(Nc1ccc(CN2CCN(CC)CC2)c(C(F)(F)F)c1)c1ccc(C)c(NC(=O)c2csc3c(NC4CC4)ncnc23)c1. The summed E-state index contributed by atoms with van der Waals surface area (Å²) in [6.45, 7) is 12.4. The van der Waals surface area contributed by atoms with Crippen LogP contribution in [0.25, 0.3) is 15.9 Å². The molecule has 236 valence electrons. The number of likely N-dealkylation sites (N-methyl/N-ethyl adjacent to an activating group) is 1. The molecule has 2 aromatic heterocycles. The number of hydrogen-bond acceptors (Lipinski definition) is 8. The summed E-state index contributed by atoms with van der Waals surface area (Å²) in [5.41, 5.74) is 3.37. The number of carbonyl (C=O) groups excluding carboxylic acids is 1. The molecule has 3 N–H and O–H groups in total. The zero-order chi connectivity index (χ0) is 31.7. The first-order valence-corrected chi connectivity index (χ1v) is 16.0. The van der Waals surface area contributed by atoms with Crippen molar-refractivity contribution in [2.45, 2.75) is 45.5 Å². The molecule has 1 amide bonds. The summed E-state index contributed by atoms with van der Waals surface area (Å²) in [7, 11) is 0. The van der Waals surface area contributed by atoms with Gasteiger partial charge in [-0.3, -0.25) is 9.69 Å². The van der Waals surface area contributed by atoms with Crippen LogP contribution in [0.2, 0.25) is 0 Å². The maximum atomic E-state index is 14.1. The van der Waals surface area contributed by atoms with E-state index in [0.29, 0.717) is 34.1 Å². The summed E-state index contributed by atoms with van der Waals surface area (Å²) in [4.78, 5) is 26.4. The number of hydrogen-bond donors (Lipinski definition) is 3. The number of amides is 1. The molecule has 1 aliphatic heterocycles. The fraction of sp³-hybridized carbons (Fsp3) is 0.364. The smallest absolute Gasteiger partial charge is 0.366 e. The number of piperazine rings is 1. The number of nitrogens with zero attached hydrogens (tertiary/aromatic N) is 4. The molecule has 45 heavy (non-hydrogen) atoms. The summed E-state index contributed by atoms with van der Waals surface area (Å²) in [5.74, 6) is 0.432. The number of aromatic nitrogens is 2. The Balaban J connectivity index is 1.16. The minimum Gasteiger partial charge on any atom is -0.366 e. The second-order valence-corrected chi connectivity index (χ2v) is 12.5. The third kappa shape index (κ3) is 7.13. The highest BCUT2D eigenvalue weighted by Crippen LogP contribution is 2.36. The van der Waals surface area contributed by atoms with Crippen LogP contribution >= 0.6 is 11.3 Å². The molecule has 0 radical (unpaired) electrons. The number of fused-ring (bicyclic) bond motifs is 1. The van der Waals surface area contributed by atoms with Crippen molar-refractivity contribution in [3.05, 3.63) is 82.5 Å². The van der Waals surface area contributed by atoms with Crippen LogP contribution < -0.4 is 16.0 Å². The Morgan fingerprint density at radius 3 is 2.51 bits per heavy atom. The zero-order valence-corrected chi connectivity index (χ0v) is 26.1. The lowest BCUT2D eigenvalue weighted by Gasteiger charge is -2.34. The van der Waals surface area contributed by atoms with Gasteiger partial charge in [0.1, 0.15) is 12.1 Å². The maximum absolute atomic E-state index is 14.1. The van der Waals surface area contributed by atoms with Gasteiger partial charge in [-0.25, -0.2) is 9.97 Å². The number of nitrogens with one attached hydrogen (secondary N) is 3. The van der Waals surface area contributed by atoms with Crippen LogP contribution in [0.1, 0.15) is 52.4 Å². The Labute approximate surface area is 264 Å². The third-order valence-electron chi connectivity index (χ3n) is 8.37. The van der Waals surface area contributed by atoms with Gasteiger partial charge in [0.2, 0.25) is 0 Å². The Morgan fingerprint density at radius 1 is 1.04 bits per heavy atom. The fourth-order valence-corrected chi connectivity index (χ4v) is 6.43. The van der Waals surface area contributed by atoms with Crippen LogP contribution in [0.4, 0.5) is 30.4 Å². The van der Waals surface area contributed by atoms with E-state index >= 15 is 0 Å². The van der Waals surface area contributed by atoms with Gasteiger partial charge in [-0.15, -0.1) is 11.3 Å². The van der Waals surface area contributed by atoms with Gasteiger partial charge >= 0.3 is 6.18 Å². The van der Waals surface area contributed by atoms with E-state index in [1.54, 1.807) is 23.6 Å². The Bertz CT molecular complexity index is 1730. The summed E-state index contributed by atoms with van der Waals surface area (Å²) < 4.78 is 43.3. The molecule has 3 heterocycles. The molecule has 12 heteroatoms. The molecule has 1 aliphatic carbocycles. The van der Waals surface area contributed by atoms with E-state index in [9.17, 15) is 18.0 Å². The Kier molecular flexibility index (Phi) is 8.80. The molecule has 8 nitrogen and oxygen atoms in total. The van der Waals surface area contributed by atoms with Gasteiger partial charge in [0, 0.05) is 61.2 Å². The number of benzene rings is 2. The van der Waals surface area contributed by atoms with Crippen molar-refractivity contribution < 1.29 is 18.0 Å². The predicted molar refractivity (Wildman–Crippen MR) is 175 cm³/mol. The fourth-order valence-electron chi connectivity index (χ4n) is 5.48. The maximum Gasteiger partial charge on any atom is 0.416 e. The number of aryl methyl sites for hydroxylation is 1. The third-order valence-corrected chi connectivity index (χ3v) is 9.34. The first-order valence-electron chi connectivity index (χ1n) is 15.1. The van der Waals surface area contributed by atoms with Gasteiger partial charge in [0.15, 0.2) is 0 Å². The van der Waals surface area contributed by atoms with Crippen molar-refractivity contribution in [1.29, 1.82) is 0 Å². The van der Waals surface area contributed by atoms with Gasteiger partial charge in [-0.1, -0.05) is 31.7 Å². The second-order valence-electron chi connectivity index (χ2n) is 11.6. The molecule has 6 rings (SSSR count). The van der Waals surface area contributed by atoms with E-state index in [4.69, 9.17) is 0 Å². The van der Waals surface area contributed by atoms with E-state index in [2.05, 4.69) is 49.2 Å². The molecule has 1 saturated heterocycles. The molecular formula is C33H36F3N7OS. The molecular weight excluding hydrogens is 599 g/mol. The molecule has 2 aliphatic rings. The molecule has 2 aromatic carbocycles. The topological polar surface area (TPSA) is 85.4 Å². The average Bonchev–Trinajstić information content (AvgIpc) is 3.73. The average molecular weight is 636 g/mol. The highest BCUT2D eigenvalue weighted by atomic mass is 32.1. The summed E-state index contributed by atoms with van der Waals surface area (Å²) >= 11 is 1.42. The van der Waals surface area contributed by atoms with Crippen LogP contribution in [-0.4, -0.2) is 64.4 Å². The van der Waals surface area contributed by atoms with Crippen molar-refractivity contribution in [3.8, 4) is 0 Å².